The summed E-state index contributed by atoms with van der Waals surface area (Å²) in [5.41, 5.74) is 0.258. The van der Waals surface area contributed by atoms with Crippen LogP contribution in [0.1, 0.15) is 13.8 Å². The van der Waals surface area contributed by atoms with Crippen LogP contribution in [-0.4, -0.2) is 42.9 Å². The molecule has 2 amide bonds. The van der Waals surface area contributed by atoms with Crippen LogP contribution in [-0.2, 0) is 9.59 Å². The number of benzene rings is 1. The van der Waals surface area contributed by atoms with Gasteiger partial charge in [0.1, 0.15) is 5.82 Å². The van der Waals surface area contributed by atoms with Crippen LogP contribution in [0.15, 0.2) is 24.3 Å². The number of nitrogens with one attached hydrogen (secondary N) is 2. The third-order valence-electron chi connectivity index (χ3n) is 2.90. The van der Waals surface area contributed by atoms with E-state index >= 15 is 0 Å². The number of nitrogens with zero attached hydrogens (tertiary/aromatic N) is 1. The maximum absolute atomic E-state index is 12.9. The van der Waals surface area contributed by atoms with Gasteiger partial charge in [-0.15, -0.1) is 0 Å². The van der Waals surface area contributed by atoms with Crippen molar-refractivity contribution in [3.8, 4) is 0 Å². The average Bonchev–Trinajstić information content (AvgIpc) is 2.43. The molecule has 0 saturated carbocycles. The molecule has 1 aromatic carbocycles. The van der Waals surface area contributed by atoms with Gasteiger partial charge >= 0.3 is 11.8 Å². The second-order valence-electron chi connectivity index (χ2n) is 4.25. The third kappa shape index (κ3) is 5.36. The number of anilines is 1. The summed E-state index contributed by atoms with van der Waals surface area (Å²) in [5, 5.41) is 4.87. The quantitative estimate of drug-likeness (QED) is 0.771. The van der Waals surface area contributed by atoms with Gasteiger partial charge in [0.05, 0.1) is 0 Å². The standard InChI is InChI=1S/C14H20FN3O2/c1-3-18(4-2)9-8-16-13(19)14(20)17-12-7-5-6-11(15)10-12/h5-7,10H,3-4,8-9H2,1-2H3,(H,16,19)(H,17,20). The number of rotatable bonds is 6. The van der Waals surface area contributed by atoms with Crippen molar-refractivity contribution < 1.29 is 14.0 Å². The predicted octanol–water partition coefficient (Wildman–Crippen LogP) is 1.22. The molecule has 0 heterocycles. The molecule has 0 saturated heterocycles. The van der Waals surface area contributed by atoms with Crippen LogP contribution in [0.4, 0.5) is 10.1 Å². The normalized spacial score (nSPS) is 10.4. The summed E-state index contributed by atoms with van der Waals surface area (Å²) in [6, 6.07) is 5.40. The second-order valence-corrected chi connectivity index (χ2v) is 4.25. The first-order valence-electron chi connectivity index (χ1n) is 6.64. The minimum atomic E-state index is -0.796. The molecule has 0 aromatic heterocycles. The van der Waals surface area contributed by atoms with Crippen molar-refractivity contribution in [3.63, 3.8) is 0 Å². The molecule has 0 atom stereocenters. The van der Waals surface area contributed by atoms with Crippen molar-refractivity contribution in [2.24, 2.45) is 0 Å². The highest BCUT2D eigenvalue weighted by molar-refractivity contribution is 6.39. The number of likely N-dealkylation sites (N-methyl/N-ethyl adjacent to an activating group) is 1. The molecule has 0 aliphatic heterocycles. The van der Waals surface area contributed by atoms with Crippen molar-refractivity contribution >= 4 is 17.5 Å². The van der Waals surface area contributed by atoms with Gasteiger partial charge in [0, 0.05) is 18.8 Å². The first-order valence-corrected chi connectivity index (χ1v) is 6.64. The Morgan fingerprint density at radius 2 is 1.90 bits per heavy atom. The second kappa shape index (κ2) is 8.27. The van der Waals surface area contributed by atoms with Gasteiger partial charge in [-0.2, -0.15) is 0 Å². The zero-order valence-electron chi connectivity index (χ0n) is 11.8. The summed E-state index contributed by atoms with van der Waals surface area (Å²) in [7, 11) is 0. The summed E-state index contributed by atoms with van der Waals surface area (Å²) in [6.07, 6.45) is 0. The Kier molecular flexibility index (Phi) is 6.66. The van der Waals surface area contributed by atoms with E-state index in [1.165, 1.54) is 18.2 Å². The van der Waals surface area contributed by atoms with E-state index in [1.54, 1.807) is 0 Å². The Labute approximate surface area is 118 Å². The molecule has 1 aromatic rings. The highest BCUT2D eigenvalue weighted by atomic mass is 19.1. The fraction of sp³-hybridized carbons (Fsp3) is 0.429. The van der Waals surface area contributed by atoms with Gasteiger partial charge in [-0.05, 0) is 31.3 Å². The molecule has 0 bridgehead atoms. The SMILES string of the molecule is CCN(CC)CCNC(=O)C(=O)Nc1cccc(F)c1. The topological polar surface area (TPSA) is 61.4 Å². The maximum atomic E-state index is 12.9. The van der Waals surface area contributed by atoms with Crippen LogP contribution in [0.25, 0.3) is 0 Å². The third-order valence-corrected chi connectivity index (χ3v) is 2.90. The van der Waals surface area contributed by atoms with Crippen LogP contribution in [0.2, 0.25) is 0 Å². The largest absolute Gasteiger partial charge is 0.347 e. The lowest BCUT2D eigenvalue weighted by molar-refractivity contribution is -0.136. The van der Waals surface area contributed by atoms with Crippen LogP contribution in [0.3, 0.4) is 0 Å². The summed E-state index contributed by atoms with van der Waals surface area (Å²) in [6.45, 7) is 6.93. The van der Waals surface area contributed by atoms with Crippen molar-refractivity contribution in [2.75, 3.05) is 31.5 Å². The van der Waals surface area contributed by atoms with Gasteiger partial charge in [-0.1, -0.05) is 19.9 Å². The van der Waals surface area contributed by atoms with E-state index < -0.39 is 17.6 Å². The molecule has 0 aliphatic rings. The van der Waals surface area contributed by atoms with Gasteiger partial charge in [-0.25, -0.2) is 4.39 Å². The van der Waals surface area contributed by atoms with E-state index in [-0.39, 0.29) is 5.69 Å². The Bertz CT molecular complexity index is 461. The summed E-state index contributed by atoms with van der Waals surface area (Å²) < 4.78 is 12.9. The molecule has 6 heteroatoms. The Hall–Kier alpha value is -1.95. The zero-order chi connectivity index (χ0) is 15.0. The molecule has 5 nitrogen and oxygen atoms in total. The molecule has 20 heavy (non-hydrogen) atoms. The van der Waals surface area contributed by atoms with Gasteiger partial charge in [0.15, 0.2) is 0 Å². The first-order chi connectivity index (χ1) is 9.56. The van der Waals surface area contributed by atoms with E-state index in [1.807, 2.05) is 13.8 Å². The van der Waals surface area contributed by atoms with E-state index in [0.717, 1.165) is 19.2 Å². The monoisotopic (exact) mass is 281 g/mol. The Morgan fingerprint density at radius 1 is 1.20 bits per heavy atom. The van der Waals surface area contributed by atoms with Crippen LogP contribution < -0.4 is 10.6 Å². The van der Waals surface area contributed by atoms with Crippen LogP contribution in [0, 0.1) is 5.82 Å². The molecule has 0 radical (unpaired) electrons. The number of carbonyl (C=O) groups is 2. The van der Waals surface area contributed by atoms with Crippen LogP contribution in [0.5, 0.6) is 0 Å². The van der Waals surface area contributed by atoms with E-state index in [2.05, 4.69) is 15.5 Å². The lowest BCUT2D eigenvalue weighted by Gasteiger charge is -2.17. The number of amides is 2. The van der Waals surface area contributed by atoms with Gasteiger partial charge in [0.25, 0.3) is 0 Å². The molecular formula is C14H20FN3O2. The lowest BCUT2D eigenvalue weighted by Crippen LogP contribution is -2.40. The molecule has 110 valence electrons. The van der Waals surface area contributed by atoms with Crippen LogP contribution >= 0.6 is 0 Å². The molecular weight excluding hydrogens is 261 g/mol. The summed E-state index contributed by atoms with van der Waals surface area (Å²) >= 11 is 0. The van der Waals surface area contributed by atoms with Crippen molar-refractivity contribution in [1.29, 1.82) is 0 Å². The molecule has 0 aliphatic carbocycles. The fourth-order valence-electron chi connectivity index (χ4n) is 1.70. The highest BCUT2D eigenvalue weighted by Gasteiger charge is 2.13. The number of halogens is 1. The molecule has 2 N–H and O–H groups in total. The molecule has 0 fully saturated rings. The first kappa shape index (κ1) is 16.1. The Balaban J connectivity index is 2.38. The van der Waals surface area contributed by atoms with Crippen molar-refractivity contribution in [2.45, 2.75) is 13.8 Å². The predicted molar refractivity (Wildman–Crippen MR) is 75.8 cm³/mol. The van der Waals surface area contributed by atoms with E-state index in [4.69, 9.17) is 0 Å². The molecule has 0 unspecified atom stereocenters. The van der Waals surface area contributed by atoms with Crippen molar-refractivity contribution in [1.82, 2.24) is 10.2 Å². The minimum absolute atomic E-state index is 0.258. The maximum Gasteiger partial charge on any atom is 0.313 e. The summed E-state index contributed by atoms with van der Waals surface area (Å²) in [5.74, 6) is -1.98. The fourth-order valence-corrected chi connectivity index (χ4v) is 1.70. The van der Waals surface area contributed by atoms with E-state index in [9.17, 15) is 14.0 Å². The van der Waals surface area contributed by atoms with E-state index in [0.29, 0.717) is 13.1 Å². The average molecular weight is 281 g/mol. The molecule has 0 spiro atoms. The smallest absolute Gasteiger partial charge is 0.313 e. The molecule has 1 rings (SSSR count). The number of carbonyl (C=O) groups excluding carboxylic acids is 2. The number of hydrogen-bond donors (Lipinski definition) is 2. The minimum Gasteiger partial charge on any atom is -0.347 e. The zero-order valence-corrected chi connectivity index (χ0v) is 11.8. The van der Waals surface area contributed by atoms with Gasteiger partial charge < -0.3 is 15.5 Å². The lowest BCUT2D eigenvalue weighted by atomic mass is 10.3. The highest BCUT2D eigenvalue weighted by Crippen LogP contribution is 2.08. The van der Waals surface area contributed by atoms with Gasteiger partial charge in [-0.3, -0.25) is 9.59 Å². The summed E-state index contributed by atoms with van der Waals surface area (Å²) in [4.78, 5) is 25.3. The Morgan fingerprint density at radius 3 is 2.50 bits per heavy atom. The van der Waals surface area contributed by atoms with Gasteiger partial charge in [0.2, 0.25) is 0 Å². The number of hydrogen-bond acceptors (Lipinski definition) is 3. The van der Waals surface area contributed by atoms with Crippen molar-refractivity contribution in [3.05, 3.63) is 30.1 Å².